The molecule has 3 aromatic rings. The Morgan fingerprint density at radius 2 is 1.48 bits per heavy atom. The lowest BCUT2D eigenvalue weighted by Crippen LogP contribution is -2.47. The molecule has 1 aromatic carbocycles. The third-order valence-corrected chi connectivity index (χ3v) is 4.79. The molecule has 0 bridgehead atoms. The van der Waals surface area contributed by atoms with E-state index >= 15 is 0 Å². The first kappa shape index (κ1) is 18.9. The van der Waals surface area contributed by atoms with Crippen molar-refractivity contribution in [2.75, 3.05) is 46.6 Å². The van der Waals surface area contributed by atoms with Crippen LogP contribution in [0.5, 0.6) is 0 Å². The Morgan fingerprint density at radius 1 is 0.828 bits per heavy atom. The van der Waals surface area contributed by atoms with E-state index in [1.54, 1.807) is 42.9 Å². The number of hydrogen-bond donors (Lipinski definition) is 2. The van der Waals surface area contributed by atoms with E-state index in [0.717, 1.165) is 32.0 Å². The Balaban J connectivity index is 1.30. The van der Waals surface area contributed by atoms with Crippen LogP contribution in [0.4, 0.5) is 27.9 Å². The number of carbonyl (C=O) groups excluding carboxylic acids is 1. The van der Waals surface area contributed by atoms with Crippen molar-refractivity contribution < 1.29 is 4.79 Å². The van der Waals surface area contributed by atoms with Crippen molar-refractivity contribution in [2.45, 2.75) is 0 Å². The number of aromatic nitrogens is 3. The van der Waals surface area contributed by atoms with Crippen LogP contribution in [0.1, 0.15) is 0 Å². The Kier molecular flexibility index (Phi) is 5.71. The topological polar surface area (TPSA) is 86.3 Å². The first-order valence-electron chi connectivity index (χ1n) is 9.24. The summed E-state index contributed by atoms with van der Waals surface area (Å²) < 4.78 is 0. The Morgan fingerprint density at radius 3 is 2.14 bits per heavy atom. The molecule has 0 saturated carbocycles. The normalized spacial score (nSPS) is 13.8. The summed E-state index contributed by atoms with van der Waals surface area (Å²) in [6, 6.07) is 12.4. The van der Waals surface area contributed by atoms with Crippen LogP contribution in [-0.2, 0) is 0 Å². The maximum Gasteiger partial charge on any atom is 0.323 e. The van der Waals surface area contributed by atoms with E-state index in [-0.39, 0.29) is 6.03 Å². The Bertz CT molecular complexity index is 943. The molecule has 2 N–H and O–H groups in total. The molecule has 1 aliphatic rings. The zero-order chi connectivity index (χ0) is 20.1. The van der Waals surface area contributed by atoms with Crippen LogP contribution in [0.2, 0.25) is 5.02 Å². The predicted molar refractivity (Wildman–Crippen MR) is 115 cm³/mol. The van der Waals surface area contributed by atoms with Gasteiger partial charge in [0, 0.05) is 43.1 Å². The van der Waals surface area contributed by atoms with Crippen molar-refractivity contribution in [3.63, 3.8) is 0 Å². The number of benzene rings is 1. The summed E-state index contributed by atoms with van der Waals surface area (Å²) in [6.07, 6.45) is 5.02. The van der Waals surface area contributed by atoms with Gasteiger partial charge < -0.3 is 20.4 Å². The van der Waals surface area contributed by atoms with Crippen LogP contribution in [0, 0.1) is 0 Å². The summed E-state index contributed by atoms with van der Waals surface area (Å²) in [5, 5.41) is 6.06. The van der Waals surface area contributed by atoms with Crippen molar-refractivity contribution in [1.82, 2.24) is 15.0 Å². The van der Waals surface area contributed by atoms with E-state index in [1.807, 2.05) is 18.2 Å². The maximum absolute atomic E-state index is 12.1. The molecule has 9 heteroatoms. The van der Waals surface area contributed by atoms with Crippen LogP contribution < -0.4 is 20.4 Å². The lowest BCUT2D eigenvalue weighted by molar-refractivity contribution is 0.262. The molecule has 29 heavy (non-hydrogen) atoms. The summed E-state index contributed by atoms with van der Waals surface area (Å²) in [4.78, 5) is 29.6. The van der Waals surface area contributed by atoms with Gasteiger partial charge in [-0.25, -0.2) is 19.7 Å². The number of nitrogens with zero attached hydrogens (tertiary/aromatic N) is 5. The number of rotatable bonds is 4. The molecule has 3 heterocycles. The number of hydrogen-bond acceptors (Lipinski definition) is 6. The largest absolute Gasteiger partial charge is 0.353 e. The number of amides is 2. The molecular weight excluding hydrogens is 390 g/mol. The monoisotopic (exact) mass is 409 g/mol. The molecule has 1 saturated heterocycles. The molecule has 1 aliphatic heterocycles. The van der Waals surface area contributed by atoms with Gasteiger partial charge in [-0.1, -0.05) is 17.7 Å². The van der Waals surface area contributed by atoms with E-state index < -0.39 is 0 Å². The summed E-state index contributed by atoms with van der Waals surface area (Å²) in [5.41, 5.74) is 1.17. The molecule has 0 radical (unpaired) electrons. The molecule has 2 amide bonds. The molecule has 8 nitrogen and oxygen atoms in total. The summed E-state index contributed by atoms with van der Waals surface area (Å²) in [7, 11) is 0. The van der Waals surface area contributed by atoms with Gasteiger partial charge in [-0.2, -0.15) is 0 Å². The van der Waals surface area contributed by atoms with Gasteiger partial charge in [0.1, 0.15) is 5.82 Å². The highest BCUT2D eigenvalue weighted by molar-refractivity contribution is 6.30. The number of piperazine rings is 1. The SMILES string of the molecule is O=C(Nc1ccc(Cl)cc1)Nc1cnc(N2CCN(c3ccccn3)CC2)nc1. The zero-order valence-corrected chi connectivity index (χ0v) is 16.4. The molecule has 0 unspecified atom stereocenters. The summed E-state index contributed by atoms with van der Waals surface area (Å²) in [6.45, 7) is 3.31. The van der Waals surface area contributed by atoms with E-state index in [9.17, 15) is 4.79 Å². The fraction of sp³-hybridized carbons (Fsp3) is 0.200. The fourth-order valence-corrected chi connectivity index (χ4v) is 3.18. The van der Waals surface area contributed by atoms with Gasteiger partial charge in [-0.15, -0.1) is 0 Å². The van der Waals surface area contributed by atoms with Crippen LogP contribution in [-0.4, -0.2) is 47.2 Å². The quantitative estimate of drug-likeness (QED) is 0.686. The highest BCUT2D eigenvalue weighted by Gasteiger charge is 2.19. The standard InChI is InChI=1S/C20H20ClN7O/c21-15-4-6-16(7-5-15)25-20(29)26-17-13-23-19(24-14-17)28-11-9-27(10-12-28)18-3-1-2-8-22-18/h1-8,13-14H,9-12H2,(H2,25,26,29). The summed E-state index contributed by atoms with van der Waals surface area (Å²) >= 11 is 5.84. The van der Waals surface area contributed by atoms with Crippen molar-refractivity contribution in [3.8, 4) is 0 Å². The van der Waals surface area contributed by atoms with Gasteiger partial charge >= 0.3 is 6.03 Å². The molecule has 2 aromatic heterocycles. The molecule has 0 aliphatic carbocycles. The third-order valence-electron chi connectivity index (χ3n) is 4.53. The molecular formula is C20H20ClN7O. The van der Waals surface area contributed by atoms with Gasteiger partial charge in [-0.05, 0) is 36.4 Å². The average molecular weight is 410 g/mol. The lowest BCUT2D eigenvalue weighted by Gasteiger charge is -2.35. The number of pyridine rings is 1. The first-order chi connectivity index (χ1) is 14.2. The minimum atomic E-state index is -0.368. The second-order valence-electron chi connectivity index (χ2n) is 6.52. The van der Waals surface area contributed by atoms with E-state index in [4.69, 9.17) is 11.6 Å². The molecule has 0 atom stereocenters. The van der Waals surface area contributed by atoms with Crippen molar-refractivity contribution in [1.29, 1.82) is 0 Å². The first-order valence-corrected chi connectivity index (χ1v) is 9.62. The molecule has 148 valence electrons. The predicted octanol–water partition coefficient (Wildman–Crippen LogP) is 3.50. The molecule has 1 fully saturated rings. The highest BCUT2D eigenvalue weighted by Crippen LogP contribution is 2.17. The van der Waals surface area contributed by atoms with Crippen molar-refractivity contribution in [3.05, 3.63) is 66.1 Å². The Labute approximate surface area is 173 Å². The number of urea groups is 1. The zero-order valence-electron chi connectivity index (χ0n) is 15.6. The molecule has 0 spiro atoms. The third kappa shape index (κ3) is 4.91. The van der Waals surface area contributed by atoms with E-state index in [0.29, 0.717) is 22.3 Å². The van der Waals surface area contributed by atoms with Crippen LogP contribution in [0.3, 0.4) is 0 Å². The molecule has 4 rings (SSSR count). The number of anilines is 4. The van der Waals surface area contributed by atoms with E-state index in [2.05, 4.69) is 35.4 Å². The van der Waals surface area contributed by atoms with Crippen molar-refractivity contribution >= 4 is 40.8 Å². The van der Waals surface area contributed by atoms with Gasteiger partial charge in [0.2, 0.25) is 5.95 Å². The van der Waals surface area contributed by atoms with Crippen molar-refractivity contribution in [2.24, 2.45) is 0 Å². The van der Waals surface area contributed by atoms with Crippen LogP contribution in [0.15, 0.2) is 61.1 Å². The van der Waals surface area contributed by atoms with Crippen LogP contribution in [0.25, 0.3) is 0 Å². The lowest BCUT2D eigenvalue weighted by atomic mass is 10.3. The second kappa shape index (κ2) is 8.74. The average Bonchev–Trinajstić information content (AvgIpc) is 2.77. The smallest absolute Gasteiger partial charge is 0.323 e. The number of carbonyl (C=O) groups is 1. The van der Waals surface area contributed by atoms with Gasteiger partial charge in [0.05, 0.1) is 18.1 Å². The van der Waals surface area contributed by atoms with Gasteiger partial charge in [-0.3, -0.25) is 0 Å². The van der Waals surface area contributed by atoms with Gasteiger partial charge in [0.15, 0.2) is 0 Å². The van der Waals surface area contributed by atoms with E-state index in [1.165, 1.54) is 0 Å². The maximum atomic E-state index is 12.1. The Hall–Kier alpha value is -3.39. The second-order valence-corrected chi connectivity index (χ2v) is 6.96. The number of halogens is 1. The van der Waals surface area contributed by atoms with Crippen LogP contribution >= 0.6 is 11.6 Å². The fourth-order valence-electron chi connectivity index (χ4n) is 3.05. The van der Waals surface area contributed by atoms with Gasteiger partial charge in [0.25, 0.3) is 0 Å². The minimum Gasteiger partial charge on any atom is -0.353 e. The minimum absolute atomic E-state index is 0.368. The highest BCUT2D eigenvalue weighted by atomic mass is 35.5. The number of nitrogens with one attached hydrogen (secondary N) is 2. The summed E-state index contributed by atoms with van der Waals surface area (Å²) in [5.74, 6) is 1.63.